The molecule has 2 heterocycles. The monoisotopic (exact) mass is 509 g/mol. The summed E-state index contributed by atoms with van der Waals surface area (Å²) >= 11 is 1.37. The molecule has 1 amide bonds. The third-order valence-corrected chi connectivity index (χ3v) is 6.81. The number of carbonyl (C=O) groups is 1. The summed E-state index contributed by atoms with van der Waals surface area (Å²) in [4.78, 5) is 17.5. The number of ether oxygens (including phenoxy) is 1. The van der Waals surface area contributed by atoms with Crippen LogP contribution in [-0.4, -0.2) is 38.0 Å². The number of carbonyl (C=O) groups excluding carboxylic acids is 1. The van der Waals surface area contributed by atoms with Crippen LogP contribution in [0.15, 0.2) is 90.1 Å². The van der Waals surface area contributed by atoms with Crippen LogP contribution < -0.4 is 10.1 Å². The van der Waals surface area contributed by atoms with Crippen molar-refractivity contribution in [3.05, 3.63) is 84.9 Å². The summed E-state index contributed by atoms with van der Waals surface area (Å²) in [6, 6.07) is 27.6. The van der Waals surface area contributed by atoms with Gasteiger partial charge in [-0.05, 0) is 50.2 Å². The van der Waals surface area contributed by atoms with E-state index in [0.717, 1.165) is 45.0 Å². The Morgan fingerprint density at radius 3 is 2.46 bits per heavy atom. The maximum Gasteiger partial charge on any atom is 0.234 e. The Morgan fingerprint density at radius 2 is 1.70 bits per heavy atom. The summed E-state index contributed by atoms with van der Waals surface area (Å²) in [7, 11) is 0. The van der Waals surface area contributed by atoms with Gasteiger partial charge in [0.1, 0.15) is 5.75 Å². The van der Waals surface area contributed by atoms with Crippen LogP contribution in [-0.2, 0) is 11.3 Å². The lowest BCUT2D eigenvalue weighted by Gasteiger charge is -2.12. The molecule has 5 rings (SSSR count). The van der Waals surface area contributed by atoms with Crippen molar-refractivity contribution in [2.45, 2.75) is 25.5 Å². The van der Waals surface area contributed by atoms with Crippen LogP contribution in [0.2, 0.25) is 0 Å². The summed E-state index contributed by atoms with van der Waals surface area (Å²) in [6.07, 6.45) is 0. The maximum atomic E-state index is 12.6. The minimum Gasteiger partial charge on any atom is -0.494 e. The molecule has 186 valence electrons. The Bertz CT molecular complexity index is 1520. The summed E-state index contributed by atoms with van der Waals surface area (Å²) < 4.78 is 7.50. The Morgan fingerprint density at radius 1 is 0.946 bits per heavy atom. The van der Waals surface area contributed by atoms with E-state index in [-0.39, 0.29) is 11.7 Å². The van der Waals surface area contributed by atoms with E-state index in [1.165, 1.54) is 11.8 Å². The molecule has 0 unspecified atom stereocenters. The molecule has 0 fully saturated rings. The van der Waals surface area contributed by atoms with Crippen LogP contribution in [0, 0.1) is 0 Å². The summed E-state index contributed by atoms with van der Waals surface area (Å²) in [5.74, 6) is 1.64. The number of amides is 1. The second kappa shape index (κ2) is 11.3. The van der Waals surface area contributed by atoms with Gasteiger partial charge in [0.2, 0.25) is 5.91 Å². The van der Waals surface area contributed by atoms with Gasteiger partial charge in [0.15, 0.2) is 11.0 Å². The molecule has 8 heteroatoms. The van der Waals surface area contributed by atoms with Gasteiger partial charge in [0.05, 0.1) is 23.6 Å². The average Bonchev–Trinajstić information content (AvgIpc) is 3.36. The lowest BCUT2D eigenvalue weighted by atomic mass is 10.0. The third-order valence-electron chi connectivity index (χ3n) is 5.84. The number of anilines is 1. The number of hydrogen-bond acceptors (Lipinski definition) is 6. The van der Waals surface area contributed by atoms with Crippen LogP contribution in [0.4, 0.5) is 5.69 Å². The van der Waals surface area contributed by atoms with Gasteiger partial charge in [-0.15, -0.1) is 10.2 Å². The molecule has 0 saturated heterocycles. The zero-order chi connectivity index (χ0) is 25.6. The molecule has 0 aliphatic heterocycles. The lowest BCUT2D eigenvalue weighted by Crippen LogP contribution is -2.14. The van der Waals surface area contributed by atoms with Gasteiger partial charge in [-0.25, -0.2) is 4.98 Å². The second-order valence-corrected chi connectivity index (χ2v) is 9.23. The van der Waals surface area contributed by atoms with E-state index >= 15 is 0 Å². The van der Waals surface area contributed by atoms with E-state index in [4.69, 9.17) is 9.72 Å². The van der Waals surface area contributed by atoms with E-state index in [9.17, 15) is 4.79 Å². The maximum absolute atomic E-state index is 12.6. The first-order chi connectivity index (χ1) is 18.2. The van der Waals surface area contributed by atoms with Crippen LogP contribution >= 0.6 is 11.8 Å². The largest absolute Gasteiger partial charge is 0.494 e. The third kappa shape index (κ3) is 5.49. The van der Waals surface area contributed by atoms with Crippen molar-refractivity contribution in [1.82, 2.24) is 19.7 Å². The normalized spacial score (nSPS) is 11.0. The van der Waals surface area contributed by atoms with Crippen LogP contribution in [0.3, 0.4) is 0 Å². The predicted octanol–water partition coefficient (Wildman–Crippen LogP) is 6.31. The molecule has 1 N–H and O–H groups in total. The highest BCUT2D eigenvalue weighted by atomic mass is 32.2. The molecule has 37 heavy (non-hydrogen) atoms. The highest BCUT2D eigenvalue weighted by molar-refractivity contribution is 7.99. The molecule has 0 saturated carbocycles. The fourth-order valence-electron chi connectivity index (χ4n) is 4.13. The van der Waals surface area contributed by atoms with Crippen LogP contribution in [0.5, 0.6) is 5.75 Å². The van der Waals surface area contributed by atoms with Crippen molar-refractivity contribution < 1.29 is 9.53 Å². The molecule has 0 atom stereocenters. The molecule has 0 aliphatic carbocycles. The summed E-state index contributed by atoms with van der Waals surface area (Å²) in [6.45, 7) is 5.26. The molecule has 0 radical (unpaired) electrons. The van der Waals surface area contributed by atoms with E-state index in [0.29, 0.717) is 18.3 Å². The summed E-state index contributed by atoms with van der Waals surface area (Å²) in [5, 5.41) is 13.6. The zero-order valence-corrected chi connectivity index (χ0v) is 21.5. The average molecular weight is 510 g/mol. The van der Waals surface area contributed by atoms with Gasteiger partial charge in [0.25, 0.3) is 0 Å². The Kier molecular flexibility index (Phi) is 7.46. The predicted molar refractivity (Wildman–Crippen MR) is 149 cm³/mol. The van der Waals surface area contributed by atoms with Crippen molar-refractivity contribution in [3.63, 3.8) is 0 Å². The van der Waals surface area contributed by atoms with Gasteiger partial charge in [-0.1, -0.05) is 60.3 Å². The van der Waals surface area contributed by atoms with E-state index in [1.807, 2.05) is 72.2 Å². The van der Waals surface area contributed by atoms with Gasteiger partial charge >= 0.3 is 0 Å². The minimum atomic E-state index is -0.109. The van der Waals surface area contributed by atoms with Gasteiger partial charge in [0, 0.05) is 28.7 Å². The number of benzene rings is 3. The van der Waals surface area contributed by atoms with Crippen LogP contribution in [0.25, 0.3) is 33.5 Å². The molecule has 0 aliphatic rings. The fourth-order valence-corrected chi connectivity index (χ4v) is 4.93. The number of nitrogens with one attached hydrogen (secondary N) is 1. The number of hydrogen-bond donors (Lipinski definition) is 1. The lowest BCUT2D eigenvalue weighted by molar-refractivity contribution is -0.113. The zero-order valence-electron chi connectivity index (χ0n) is 20.7. The number of rotatable bonds is 9. The molecular weight excluding hydrogens is 482 g/mol. The molecule has 0 spiro atoms. The first-order valence-electron chi connectivity index (χ1n) is 12.2. The van der Waals surface area contributed by atoms with Gasteiger partial charge in [-0.3, -0.25) is 4.79 Å². The van der Waals surface area contributed by atoms with Crippen LogP contribution in [0.1, 0.15) is 13.8 Å². The van der Waals surface area contributed by atoms with Gasteiger partial charge in [-0.2, -0.15) is 0 Å². The molecule has 5 aromatic rings. The van der Waals surface area contributed by atoms with Crippen molar-refractivity contribution in [2.24, 2.45) is 0 Å². The molecule has 2 aromatic heterocycles. The SMILES string of the molecule is CCOc1ccc(NC(=O)CSc2nnc(-c3cc(-c4ccccc4)nc4ccccc34)n2CC)cc1. The number of para-hydroxylation sites is 1. The summed E-state index contributed by atoms with van der Waals surface area (Å²) in [5.41, 5.74) is 4.50. The Balaban J connectivity index is 1.39. The van der Waals surface area contributed by atoms with Crippen molar-refractivity contribution in [1.29, 1.82) is 0 Å². The first kappa shape index (κ1) is 24.5. The number of fused-ring (bicyclic) bond motifs is 1. The van der Waals surface area contributed by atoms with Crippen molar-refractivity contribution in [3.8, 4) is 28.4 Å². The fraction of sp³-hybridized carbons (Fsp3) is 0.172. The molecule has 3 aromatic carbocycles. The van der Waals surface area contributed by atoms with E-state index < -0.39 is 0 Å². The number of pyridine rings is 1. The van der Waals surface area contributed by atoms with Crippen molar-refractivity contribution in [2.75, 3.05) is 17.7 Å². The topological polar surface area (TPSA) is 81.9 Å². The highest BCUT2D eigenvalue weighted by Gasteiger charge is 2.18. The van der Waals surface area contributed by atoms with E-state index in [2.05, 4.69) is 46.7 Å². The molecule has 7 nitrogen and oxygen atoms in total. The minimum absolute atomic E-state index is 0.109. The van der Waals surface area contributed by atoms with Gasteiger partial charge < -0.3 is 14.6 Å². The Labute approximate surface area is 219 Å². The second-order valence-electron chi connectivity index (χ2n) is 8.28. The Hall–Kier alpha value is -4.17. The first-order valence-corrected chi connectivity index (χ1v) is 13.2. The number of aromatic nitrogens is 4. The smallest absolute Gasteiger partial charge is 0.234 e. The molecule has 0 bridgehead atoms. The number of thioether (sulfide) groups is 1. The van der Waals surface area contributed by atoms with E-state index in [1.54, 1.807) is 0 Å². The standard InChI is InChI=1S/C29H27N5O2S/c1-3-34-28(24-18-26(20-10-6-5-7-11-20)31-25-13-9-8-12-23(24)25)32-33-29(34)37-19-27(35)30-21-14-16-22(17-15-21)36-4-2/h5-18H,3-4,19H2,1-2H3,(H,30,35). The quantitative estimate of drug-likeness (QED) is 0.235. The molecular formula is C29H27N5O2S. The number of nitrogens with zero attached hydrogens (tertiary/aromatic N) is 4. The van der Waals surface area contributed by atoms with Crippen molar-refractivity contribution >= 4 is 34.3 Å². The highest BCUT2D eigenvalue weighted by Crippen LogP contribution is 2.33.